The van der Waals surface area contributed by atoms with Crippen LogP contribution in [0.25, 0.3) is 262 Å². The predicted octanol–water partition coefficient (Wildman–Crippen LogP) is 35.9. The van der Waals surface area contributed by atoms with Crippen molar-refractivity contribution in [3.05, 3.63) is 376 Å². The minimum atomic E-state index is 0.423. The molecule has 0 spiro atoms. The molecule has 0 aliphatic rings. The molecule has 0 aliphatic carbocycles. The summed E-state index contributed by atoms with van der Waals surface area (Å²) < 4.78 is 53.1. The first-order chi connectivity index (χ1) is 63.6. The molecule has 0 bridgehead atoms. The Labute approximate surface area is 731 Å². The SMILES string of the molecule is CC(C)c1ccc(N(c2ccc3cc4c(cc3c2)oc2c4ccc3c4cc5ccccc5cc4oc32)c2ccc3cc4c(cc3c2)oc2c4ccc3c4cc5ccccc5cc4oc32)cc1.c1ccc(N(c2ccc3cc4c(cc3c2)oc2c4ccc3c4cc5ccccc5cc4oc32)c2ccc3cc4c(cc3c2)oc2c4ccc3c4cc5ccccc5cc4oc32)cc1. The maximum Gasteiger partial charge on any atom is 0.178 e. The van der Waals surface area contributed by atoms with Gasteiger partial charge in [0, 0.05) is 120 Å². The van der Waals surface area contributed by atoms with Crippen molar-refractivity contribution < 1.29 is 35.3 Å². The van der Waals surface area contributed by atoms with Crippen molar-refractivity contribution in [1.82, 2.24) is 0 Å². The number of benzene rings is 22. The molecule has 8 heterocycles. The lowest BCUT2D eigenvalue weighted by atomic mass is 10.0. The largest absolute Gasteiger partial charge is 0.452 e. The van der Waals surface area contributed by atoms with E-state index in [0.717, 1.165) is 274 Å². The number of hydrogen-bond donors (Lipinski definition) is 0. The van der Waals surface area contributed by atoms with Gasteiger partial charge in [-0.05, 0) is 316 Å². The van der Waals surface area contributed by atoms with Gasteiger partial charge in [-0.25, -0.2) is 0 Å². The predicted molar refractivity (Wildman–Crippen MR) is 535 cm³/mol. The Bertz CT molecular complexity index is 9640. The van der Waals surface area contributed by atoms with E-state index in [2.05, 4.69) is 394 Å². The van der Waals surface area contributed by atoms with Gasteiger partial charge in [0.05, 0.1) is 0 Å². The molecule has 30 rings (SSSR count). The lowest BCUT2D eigenvalue weighted by Gasteiger charge is -2.26. The fraction of sp³-hybridized carbons (Fsp3) is 0.0252. The third-order valence-corrected chi connectivity index (χ3v) is 27.4. The van der Waals surface area contributed by atoms with Crippen LogP contribution in [-0.2, 0) is 0 Å². The van der Waals surface area contributed by atoms with E-state index in [1.807, 2.05) is 0 Å². The molecule has 22 aromatic carbocycles. The highest BCUT2D eigenvalue weighted by Gasteiger charge is 2.26. The van der Waals surface area contributed by atoms with E-state index < -0.39 is 0 Å². The Morgan fingerprint density at radius 3 is 0.543 bits per heavy atom. The van der Waals surface area contributed by atoms with Gasteiger partial charge in [0.25, 0.3) is 0 Å². The first kappa shape index (κ1) is 70.3. The Kier molecular flexibility index (Phi) is 14.3. The summed E-state index contributed by atoms with van der Waals surface area (Å²) in [5.41, 5.74) is 20.6. The van der Waals surface area contributed by atoms with Crippen molar-refractivity contribution in [1.29, 1.82) is 0 Å². The van der Waals surface area contributed by atoms with Crippen LogP contribution in [0.1, 0.15) is 25.3 Å². The Hall–Kier alpha value is -17.1. The maximum absolute atomic E-state index is 6.74. The molecular weight excluding hydrogens is 1590 g/mol. The summed E-state index contributed by atoms with van der Waals surface area (Å²) in [5.74, 6) is 0.423. The summed E-state index contributed by atoms with van der Waals surface area (Å²) in [6.07, 6.45) is 0. The summed E-state index contributed by atoms with van der Waals surface area (Å²) in [7, 11) is 0. The fourth-order valence-electron chi connectivity index (χ4n) is 21.0. The number of furan rings is 8. The molecule has 10 heteroatoms. The van der Waals surface area contributed by atoms with Crippen molar-refractivity contribution in [3.63, 3.8) is 0 Å². The van der Waals surface area contributed by atoms with Gasteiger partial charge in [0.2, 0.25) is 0 Å². The Morgan fingerprint density at radius 1 is 0.147 bits per heavy atom. The number of rotatable bonds is 7. The molecule has 0 N–H and O–H groups in total. The molecule has 30 aromatic rings. The van der Waals surface area contributed by atoms with Gasteiger partial charge >= 0.3 is 0 Å². The van der Waals surface area contributed by atoms with Gasteiger partial charge < -0.3 is 45.1 Å². The average molecular weight is 1650 g/mol. The quantitative estimate of drug-likeness (QED) is 0.153. The zero-order valence-corrected chi connectivity index (χ0v) is 69.5. The van der Waals surface area contributed by atoms with Crippen LogP contribution in [0.2, 0.25) is 0 Å². The number of para-hydroxylation sites is 1. The number of hydrogen-bond acceptors (Lipinski definition) is 10. The monoisotopic (exact) mass is 1650 g/mol. The van der Waals surface area contributed by atoms with E-state index in [4.69, 9.17) is 35.3 Å². The summed E-state index contributed by atoms with van der Waals surface area (Å²) in [5, 5.41) is 35.3. The first-order valence-corrected chi connectivity index (χ1v) is 43.9. The molecular formula is C119H68N2O8. The van der Waals surface area contributed by atoms with E-state index in [0.29, 0.717) is 5.92 Å². The highest BCUT2D eigenvalue weighted by Crippen LogP contribution is 2.50. The molecule has 0 unspecified atom stereocenters. The van der Waals surface area contributed by atoms with Gasteiger partial charge in [-0.15, -0.1) is 0 Å². The minimum absolute atomic E-state index is 0.423. The molecule has 0 amide bonds. The van der Waals surface area contributed by atoms with Crippen molar-refractivity contribution in [2.24, 2.45) is 0 Å². The van der Waals surface area contributed by atoms with Crippen molar-refractivity contribution in [2.75, 3.05) is 9.80 Å². The van der Waals surface area contributed by atoms with Crippen molar-refractivity contribution in [2.45, 2.75) is 19.8 Å². The normalized spacial score (nSPS) is 12.5. The first-order valence-electron chi connectivity index (χ1n) is 43.9. The molecule has 0 saturated carbocycles. The van der Waals surface area contributed by atoms with Gasteiger partial charge in [0.15, 0.2) is 44.7 Å². The maximum atomic E-state index is 6.74. The van der Waals surface area contributed by atoms with Crippen LogP contribution in [0.5, 0.6) is 0 Å². The zero-order chi connectivity index (χ0) is 84.3. The fourth-order valence-corrected chi connectivity index (χ4v) is 21.0. The van der Waals surface area contributed by atoms with E-state index in [9.17, 15) is 0 Å². The topological polar surface area (TPSA) is 112 Å². The molecule has 0 fully saturated rings. The van der Waals surface area contributed by atoms with Crippen molar-refractivity contribution in [3.8, 4) is 0 Å². The number of anilines is 6. The molecule has 0 aliphatic heterocycles. The summed E-state index contributed by atoms with van der Waals surface area (Å²) in [4.78, 5) is 4.66. The third kappa shape index (κ3) is 10.6. The van der Waals surface area contributed by atoms with Gasteiger partial charge in [0.1, 0.15) is 44.7 Å². The van der Waals surface area contributed by atoms with Gasteiger partial charge in [-0.3, -0.25) is 0 Å². The van der Waals surface area contributed by atoms with Crippen molar-refractivity contribution >= 4 is 296 Å². The van der Waals surface area contributed by atoms with Gasteiger partial charge in [-0.1, -0.05) is 166 Å². The average Bonchev–Trinajstić information content (AvgIpc) is 1.58. The second-order valence-corrected chi connectivity index (χ2v) is 35.1. The van der Waals surface area contributed by atoms with Gasteiger partial charge in [-0.2, -0.15) is 0 Å². The Balaban J connectivity index is 0.000000128. The lowest BCUT2D eigenvalue weighted by molar-refractivity contribution is 0.634. The summed E-state index contributed by atoms with van der Waals surface area (Å²) >= 11 is 0. The second kappa shape index (κ2) is 26.3. The zero-order valence-electron chi connectivity index (χ0n) is 69.5. The van der Waals surface area contributed by atoms with Crippen LogP contribution < -0.4 is 9.80 Å². The van der Waals surface area contributed by atoms with E-state index in [1.54, 1.807) is 0 Å². The molecule has 8 aromatic heterocycles. The lowest BCUT2D eigenvalue weighted by Crippen LogP contribution is -2.10. The highest BCUT2D eigenvalue weighted by atomic mass is 16.4. The van der Waals surface area contributed by atoms with Crippen LogP contribution in [0.15, 0.2) is 405 Å². The van der Waals surface area contributed by atoms with E-state index in [1.165, 1.54) is 27.1 Å². The number of fused-ring (bicyclic) bond motifs is 36. The van der Waals surface area contributed by atoms with Crippen LogP contribution in [0.3, 0.4) is 0 Å². The second-order valence-electron chi connectivity index (χ2n) is 35.1. The standard InChI is InChI=1S/C61H37NO4.C58H31NO4/c1-33(2)34-11-15-43(16-12-34)62(44-17-13-39-27-52-48-21-19-46-50-25-35-7-3-5-9-37(35)29-54(50)63-58(46)60(48)65-56(52)31-41(39)23-44)45-18-14-40-28-53-49-22-20-47-51-26-36-8-4-6-10-38(36)30-55(51)64-59(47)61(49)66-57(53)32-42(40)24-45;1-2-12-40(13-3-1)59(41-16-14-36-26-49-45-20-18-43-47-24-32-8-4-6-10-34(32)28-51(47)60-55(43)57(45)62-53(49)30-38(36)22-41)42-17-15-37-27-50-46-21-19-44-48-25-33-9-5-7-11-35(33)29-52(48)61-56(44)58(46)63-54(50)31-39(37)23-42/h3-33H,1-2H3;1-31H. The van der Waals surface area contributed by atoms with E-state index >= 15 is 0 Å². The third-order valence-electron chi connectivity index (χ3n) is 27.4. The smallest absolute Gasteiger partial charge is 0.178 e. The number of nitrogens with zero attached hydrogens (tertiary/aromatic N) is 2. The van der Waals surface area contributed by atoms with E-state index in [-0.39, 0.29) is 0 Å². The molecule has 602 valence electrons. The summed E-state index contributed by atoms with van der Waals surface area (Å²) in [6.45, 7) is 4.47. The molecule has 10 nitrogen and oxygen atoms in total. The summed E-state index contributed by atoms with van der Waals surface area (Å²) in [6, 6.07) is 132. The Morgan fingerprint density at radius 2 is 0.326 bits per heavy atom. The van der Waals surface area contributed by atoms with Crippen LogP contribution >= 0.6 is 0 Å². The minimum Gasteiger partial charge on any atom is -0.452 e. The molecule has 0 atom stereocenters. The molecule has 129 heavy (non-hydrogen) atoms. The molecule has 0 saturated heterocycles. The van der Waals surface area contributed by atoms with Crippen LogP contribution in [-0.4, -0.2) is 0 Å². The molecule has 0 radical (unpaired) electrons. The van der Waals surface area contributed by atoms with Crippen LogP contribution in [0.4, 0.5) is 34.1 Å². The highest BCUT2D eigenvalue weighted by molar-refractivity contribution is 6.27. The van der Waals surface area contributed by atoms with Crippen LogP contribution in [0, 0.1) is 0 Å².